The molecule has 0 aliphatic carbocycles. The quantitative estimate of drug-likeness (QED) is 0.933. The van der Waals surface area contributed by atoms with E-state index in [1.807, 2.05) is 24.3 Å². The highest BCUT2D eigenvalue weighted by Gasteiger charge is 2.19. The summed E-state index contributed by atoms with van der Waals surface area (Å²) < 4.78 is 16.8. The van der Waals surface area contributed by atoms with E-state index in [9.17, 15) is 0 Å². The molecule has 1 aliphatic rings. The van der Waals surface area contributed by atoms with Crippen LogP contribution >= 0.6 is 0 Å². The van der Waals surface area contributed by atoms with Gasteiger partial charge in [-0.05, 0) is 31.0 Å². The monoisotopic (exact) mass is 288 g/mol. The van der Waals surface area contributed by atoms with Crippen LogP contribution in [0.25, 0.3) is 10.9 Å². The van der Waals surface area contributed by atoms with Crippen LogP contribution in [0.5, 0.6) is 11.5 Å². The molecule has 21 heavy (non-hydrogen) atoms. The van der Waals surface area contributed by atoms with Gasteiger partial charge in [-0.2, -0.15) is 0 Å². The summed E-state index contributed by atoms with van der Waals surface area (Å²) >= 11 is 0. The molecule has 1 saturated heterocycles. The minimum Gasteiger partial charge on any atom is -0.495 e. The molecule has 0 bridgehead atoms. The van der Waals surface area contributed by atoms with Crippen molar-refractivity contribution in [3.8, 4) is 11.5 Å². The van der Waals surface area contributed by atoms with Crippen LogP contribution in [0.1, 0.15) is 12.8 Å². The summed E-state index contributed by atoms with van der Waals surface area (Å²) in [6, 6.07) is 7.94. The van der Waals surface area contributed by atoms with Crippen molar-refractivity contribution in [2.45, 2.75) is 25.0 Å². The Morgan fingerprint density at radius 1 is 1.38 bits per heavy atom. The maximum Gasteiger partial charge on any atom is 0.137 e. The van der Waals surface area contributed by atoms with E-state index in [1.54, 1.807) is 13.3 Å². The van der Waals surface area contributed by atoms with Crippen molar-refractivity contribution in [3.05, 3.63) is 30.5 Å². The van der Waals surface area contributed by atoms with Crippen molar-refractivity contribution < 1.29 is 14.2 Å². The number of methoxy groups -OCH3 is 1. The van der Waals surface area contributed by atoms with E-state index in [2.05, 4.69) is 4.98 Å². The fourth-order valence-corrected chi connectivity index (χ4v) is 2.48. The Bertz CT molecular complexity index is 609. The van der Waals surface area contributed by atoms with Crippen LogP contribution in [-0.4, -0.2) is 37.5 Å². The summed E-state index contributed by atoms with van der Waals surface area (Å²) in [5.41, 5.74) is 6.71. The molecule has 0 radical (unpaired) electrons. The fourth-order valence-electron chi connectivity index (χ4n) is 2.48. The van der Waals surface area contributed by atoms with Gasteiger partial charge in [0.15, 0.2) is 0 Å². The third-order valence-electron chi connectivity index (χ3n) is 3.73. The third kappa shape index (κ3) is 3.25. The van der Waals surface area contributed by atoms with Crippen LogP contribution in [0.3, 0.4) is 0 Å². The largest absolute Gasteiger partial charge is 0.495 e. The smallest absolute Gasteiger partial charge is 0.137 e. The molecular formula is C16H20N2O3. The molecular weight excluding hydrogens is 268 g/mol. The van der Waals surface area contributed by atoms with Crippen LogP contribution in [0, 0.1) is 0 Å². The highest BCUT2D eigenvalue weighted by molar-refractivity contribution is 5.86. The minimum absolute atomic E-state index is 0.110. The number of ether oxygens (including phenoxy) is 3. The van der Waals surface area contributed by atoms with Crippen molar-refractivity contribution >= 4 is 10.9 Å². The first-order valence-electron chi connectivity index (χ1n) is 7.19. The van der Waals surface area contributed by atoms with Crippen LogP contribution in [0.2, 0.25) is 0 Å². The molecule has 2 aromatic rings. The number of nitrogens with two attached hydrogens (primary N) is 1. The molecule has 0 spiro atoms. The van der Waals surface area contributed by atoms with Gasteiger partial charge in [0.1, 0.15) is 18.1 Å². The number of pyridine rings is 1. The van der Waals surface area contributed by atoms with Gasteiger partial charge in [0.25, 0.3) is 0 Å². The van der Waals surface area contributed by atoms with E-state index in [0.29, 0.717) is 13.2 Å². The number of nitrogens with zero attached hydrogens (tertiary/aromatic N) is 1. The molecule has 0 saturated carbocycles. The summed E-state index contributed by atoms with van der Waals surface area (Å²) in [6.45, 7) is 1.14. The van der Waals surface area contributed by atoms with Crippen LogP contribution in [-0.2, 0) is 4.74 Å². The van der Waals surface area contributed by atoms with E-state index in [0.717, 1.165) is 35.2 Å². The van der Waals surface area contributed by atoms with Gasteiger partial charge in [0.05, 0.1) is 31.5 Å². The number of hydrogen-bond acceptors (Lipinski definition) is 5. The number of aromatic nitrogens is 1. The number of hydrogen-bond donors (Lipinski definition) is 1. The van der Waals surface area contributed by atoms with Gasteiger partial charge in [0, 0.05) is 11.4 Å². The lowest BCUT2D eigenvalue weighted by atomic mass is 10.1. The van der Waals surface area contributed by atoms with Crippen molar-refractivity contribution in [3.63, 3.8) is 0 Å². The Balaban J connectivity index is 1.74. The second kappa shape index (κ2) is 6.28. The van der Waals surface area contributed by atoms with Crippen LogP contribution in [0.4, 0.5) is 0 Å². The number of benzene rings is 1. The van der Waals surface area contributed by atoms with Gasteiger partial charge in [-0.15, -0.1) is 0 Å². The zero-order valence-corrected chi connectivity index (χ0v) is 12.1. The van der Waals surface area contributed by atoms with Gasteiger partial charge >= 0.3 is 0 Å². The summed E-state index contributed by atoms with van der Waals surface area (Å²) in [7, 11) is 1.63. The Labute approximate surface area is 124 Å². The van der Waals surface area contributed by atoms with Crippen molar-refractivity contribution in [2.75, 3.05) is 20.3 Å². The third-order valence-corrected chi connectivity index (χ3v) is 3.73. The first-order valence-corrected chi connectivity index (χ1v) is 7.19. The van der Waals surface area contributed by atoms with E-state index in [-0.39, 0.29) is 12.1 Å². The zero-order chi connectivity index (χ0) is 14.7. The lowest BCUT2D eigenvalue weighted by Crippen LogP contribution is -2.37. The van der Waals surface area contributed by atoms with Crippen molar-refractivity contribution in [1.29, 1.82) is 0 Å². The highest BCUT2D eigenvalue weighted by Crippen LogP contribution is 2.28. The average molecular weight is 288 g/mol. The summed E-state index contributed by atoms with van der Waals surface area (Å²) in [5, 5.41) is 0.948. The fraction of sp³-hybridized carbons (Fsp3) is 0.438. The van der Waals surface area contributed by atoms with Crippen LogP contribution < -0.4 is 15.2 Å². The molecule has 112 valence electrons. The molecule has 1 aliphatic heterocycles. The Kier molecular flexibility index (Phi) is 4.22. The molecule has 2 heterocycles. The number of rotatable bonds is 4. The first kappa shape index (κ1) is 14.1. The topological polar surface area (TPSA) is 66.6 Å². The summed E-state index contributed by atoms with van der Waals surface area (Å²) in [4.78, 5) is 4.36. The normalized spacial score (nSPS) is 22.2. The van der Waals surface area contributed by atoms with E-state index in [1.165, 1.54) is 0 Å². The average Bonchev–Trinajstić information content (AvgIpc) is 2.54. The number of fused-ring (bicyclic) bond motifs is 1. The Morgan fingerprint density at radius 3 is 3.05 bits per heavy atom. The maximum absolute atomic E-state index is 5.93. The molecule has 5 nitrogen and oxygen atoms in total. The standard InChI is InChI=1S/C16H20N2O3/c1-19-13-7-14-15(18-8-13)3-2-4-16(14)21-10-12-6-5-11(17)9-20-12/h2-4,7-8,11-12H,5-6,9-10,17H2,1H3/t11-,12+/m0/s1. The molecule has 1 fully saturated rings. The summed E-state index contributed by atoms with van der Waals surface area (Å²) in [5.74, 6) is 1.52. The molecule has 2 N–H and O–H groups in total. The zero-order valence-electron chi connectivity index (χ0n) is 12.1. The molecule has 3 rings (SSSR count). The molecule has 2 atom stereocenters. The molecule has 1 aromatic carbocycles. The summed E-state index contributed by atoms with van der Waals surface area (Å²) in [6.07, 6.45) is 3.74. The molecule has 1 aromatic heterocycles. The van der Waals surface area contributed by atoms with E-state index in [4.69, 9.17) is 19.9 Å². The van der Waals surface area contributed by atoms with Gasteiger partial charge in [-0.1, -0.05) is 6.07 Å². The lowest BCUT2D eigenvalue weighted by molar-refractivity contribution is -0.0194. The predicted molar refractivity (Wildman–Crippen MR) is 80.7 cm³/mol. The molecule has 5 heteroatoms. The van der Waals surface area contributed by atoms with E-state index >= 15 is 0 Å². The van der Waals surface area contributed by atoms with Crippen molar-refractivity contribution in [2.24, 2.45) is 5.73 Å². The van der Waals surface area contributed by atoms with Crippen LogP contribution in [0.15, 0.2) is 30.5 Å². The molecule has 0 amide bonds. The second-order valence-electron chi connectivity index (χ2n) is 5.30. The Morgan fingerprint density at radius 2 is 2.29 bits per heavy atom. The van der Waals surface area contributed by atoms with Gasteiger partial charge in [-0.25, -0.2) is 0 Å². The molecule has 0 unspecified atom stereocenters. The van der Waals surface area contributed by atoms with Crippen molar-refractivity contribution in [1.82, 2.24) is 4.98 Å². The predicted octanol–water partition coefficient (Wildman–Crippen LogP) is 2.13. The van der Waals surface area contributed by atoms with Gasteiger partial charge < -0.3 is 19.9 Å². The van der Waals surface area contributed by atoms with Gasteiger partial charge in [-0.3, -0.25) is 4.98 Å². The Hall–Kier alpha value is -1.85. The SMILES string of the molecule is COc1cnc2cccc(OC[C@H]3CC[C@H](N)CO3)c2c1. The second-order valence-corrected chi connectivity index (χ2v) is 5.30. The maximum atomic E-state index is 5.93. The minimum atomic E-state index is 0.110. The van der Waals surface area contributed by atoms with Gasteiger partial charge in [0.2, 0.25) is 0 Å². The lowest BCUT2D eigenvalue weighted by Gasteiger charge is -2.26. The van der Waals surface area contributed by atoms with E-state index < -0.39 is 0 Å². The first-order chi connectivity index (χ1) is 10.3. The highest BCUT2D eigenvalue weighted by atomic mass is 16.5.